The third kappa shape index (κ3) is 4.80. The number of aromatic nitrogens is 1. The Labute approximate surface area is 123 Å². The summed E-state index contributed by atoms with van der Waals surface area (Å²) >= 11 is 0. The number of benzene rings is 1. The molecule has 1 heterocycles. The number of nitrogens with zero attached hydrogens (tertiary/aromatic N) is 1. The lowest BCUT2D eigenvalue weighted by Crippen LogP contribution is -2.25. The van der Waals surface area contributed by atoms with E-state index in [0.29, 0.717) is 24.6 Å². The molecule has 0 spiro atoms. The highest BCUT2D eigenvalue weighted by molar-refractivity contribution is 5.93. The maximum atomic E-state index is 11.8. The van der Waals surface area contributed by atoms with Gasteiger partial charge in [-0.25, -0.2) is 4.98 Å². The lowest BCUT2D eigenvalue weighted by atomic mass is 10.2. The van der Waals surface area contributed by atoms with Crippen molar-refractivity contribution in [1.29, 1.82) is 0 Å². The maximum absolute atomic E-state index is 11.8. The Hall–Kier alpha value is -2.56. The third-order valence-corrected chi connectivity index (χ3v) is 2.83. The molecule has 5 heteroatoms. The molecule has 1 aromatic heterocycles. The molecule has 0 atom stereocenters. The normalized spacial score (nSPS) is 9.95. The summed E-state index contributed by atoms with van der Waals surface area (Å²) in [7, 11) is 1.54. The molecule has 1 aromatic carbocycles. The predicted octanol–water partition coefficient (Wildman–Crippen LogP) is 2.29. The zero-order valence-corrected chi connectivity index (χ0v) is 11.9. The molecule has 21 heavy (non-hydrogen) atoms. The van der Waals surface area contributed by atoms with Crippen molar-refractivity contribution in [3.63, 3.8) is 0 Å². The number of methoxy groups -OCH3 is 1. The van der Waals surface area contributed by atoms with Gasteiger partial charge in [0.25, 0.3) is 5.91 Å². The van der Waals surface area contributed by atoms with Gasteiger partial charge in [0.05, 0.1) is 19.3 Å². The summed E-state index contributed by atoms with van der Waals surface area (Å²) in [6.07, 6.45) is 2.23. The first-order chi connectivity index (χ1) is 10.3. The average Bonchev–Trinajstić information content (AvgIpc) is 2.55. The Kier molecular flexibility index (Phi) is 5.58. The van der Waals surface area contributed by atoms with Crippen molar-refractivity contribution in [3.8, 4) is 11.6 Å². The largest absolute Gasteiger partial charge is 0.494 e. The van der Waals surface area contributed by atoms with Crippen LogP contribution in [0.25, 0.3) is 0 Å². The summed E-state index contributed by atoms with van der Waals surface area (Å²) in [5.41, 5.74) is 0.514. The quantitative estimate of drug-likeness (QED) is 0.793. The monoisotopic (exact) mass is 286 g/mol. The molecule has 0 radical (unpaired) electrons. The van der Waals surface area contributed by atoms with Gasteiger partial charge in [0.2, 0.25) is 5.88 Å². The van der Waals surface area contributed by atoms with Crippen molar-refractivity contribution in [2.75, 3.05) is 20.3 Å². The van der Waals surface area contributed by atoms with E-state index in [1.165, 1.54) is 13.3 Å². The number of para-hydroxylation sites is 1. The first-order valence-electron chi connectivity index (χ1n) is 6.75. The highest BCUT2D eigenvalue weighted by atomic mass is 16.5. The highest BCUT2D eigenvalue weighted by Gasteiger charge is 2.05. The lowest BCUT2D eigenvalue weighted by molar-refractivity contribution is 0.0951. The molecule has 2 aromatic rings. The molecule has 0 fully saturated rings. The zero-order valence-electron chi connectivity index (χ0n) is 11.9. The van der Waals surface area contributed by atoms with Crippen LogP contribution in [-0.2, 0) is 0 Å². The van der Waals surface area contributed by atoms with Gasteiger partial charge in [-0.05, 0) is 24.6 Å². The Morgan fingerprint density at radius 2 is 2.00 bits per heavy atom. The van der Waals surface area contributed by atoms with E-state index in [9.17, 15) is 4.79 Å². The number of hydrogen-bond donors (Lipinski definition) is 1. The van der Waals surface area contributed by atoms with Crippen LogP contribution in [0.4, 0.5) is 0 Å². The fourth-order valence-electron chi connectivity index (χ4n) is 1.72. The van der Waals surface area contributed by atoms with Crippen LogP contribution in [0.1, 0.15) is 16.8 Å². The molecular formula is C16H18N2O3. The molecule has 5 nitrogen and oxygen atoms in total. The maximum Gasteiger partial charge on any atom is 0.252 e. The van der Waals surface area contributed by atoms with E-state index in [0.717, 1.165) is 12.2 Å². The number of nitrogens with one attached hydrogen (secondary N) is 1. The van der Waals surface area contributed by atoms with Gasteiger partial charge in [0.1, 0.15) is 5.75 Å². The second-order valence-corrected chi connectivity index (χ2v) is 4.36. The minimum atomic E-state index is -0.148. The minimum absolute atomic E-state index is 0.148. The van der Waals surface area contributed by atoms with Crippen molar-refractivity contribution in [1.82, 2.24) is 10.3 Å². The Morgan fingerprint density at radius 1 is 1.19 bits per heavy atom. The molecule has 0 saturated heterocycles. The van der Waals surface area contributed by atoms with Crippen LogP contribution in [0.15, 0.2) is 48.7 Å². The molecule has 0 aliphatic carbocycles. The van der Waals surface area contributed by atoms with Gasteiger partial charge in [0.15, 0.2) is 0 Å². The second-order valence-electron chi connectivity index (χ2n) is 4.36. The van der Waals surface area contributed by atoms with E-state index in [2.05, 4.69) is 10.3 Å². The standard InChI is InChI=1S/C16H18N2O3/c1-20-15-9-8-13(12-18-15)16(19)17-10-5-11-21-14-6-3-2-4-7-14/h2-4,6-9,12H,5,10-11H2,1H3,(H,17,19). The summed E-state index contributed by atoms with van der Waals surface area (Å²) in [5.74, 6) is 1.18. The minimum Gasteiger partial charge on any atom is -0.494 e. The SMILES string of the molecule is COc1ccc(C(=O)NCCCOc2ccccc2)cn1. The van der Waals surface area contributed by atoms with Crippen LogP contribution in [-0.4, -0.2) is 31.2 Å². The number of ether oxygens (including phenoxy) is 2. The van der Waals surface area contributed by atoms with Crippen LogP contribution in [0, 0.1) is 0 Å². The summed E-state index contributed by atoms with van der Waals surface area (Å²) in [4.78, 5) is 15.8. The van der Waals surface area contributed by atoms with Crippen molar-refractivity contribution >= 4 is 5.91 Å². The highest BCUT2D eigenvalue weighted by Crippen LogP contribution is 2.08. The van der Waals surface area contributed by atoms with Crippen molar-refractivity contribution in [3.05, 3.63) is 54.2 Å². The van der Waals surface area contributed by atoms with E-state index < -0.39 is 0 Å². The number of amides is 1. The fourth-order valence-corrected chi connectivity index (χ4v) is 1.72. The summed E-state index contributed by atoms with van der Waals surface area (Å²) < 4.78 is 10.5. The number of carbonyl (C=O) groups excluding carboxylic acids is 1. The lowest BCUT2D eigenvalue weighted by Gasteiger charge is -2.07. The van der Waals surface area contributed by atoms with Crippen molar-refractivity contribution in [2.45, 2.75) is 6.42 Å². The number of carbonyl (C=O) groups is 1. The Balaban J connectivity index is 1.67. The van der Waals surface area contributed by atoms with E-state index in [1.54, 1.807) is 12.1 Å². The summed E-state index contributed by atoms with van der Waals surface area (Å²) in [6, 6.07) is 12.9. The summed E-state index contributed by atoms with van der Waals surface area (Å²) in [5, 5.41) is 2.82. The molecule has 110 valence electrons. The number of pyridine rings is 1. The van der Waals surface area contributed by atoms with E-state index in [4.69, 9.17) is 9.47 Å². The summed E-state index contributed by atoms with van der Waals surface area (Å²) in [6.45, 7) is 1.11. The van der Waals surface area contributed by atoms with E-state index in [1.807, 2.05) is 30.3 Å². The smallest absolute Gasteiger partial charge is 0.252 e. The van der Waals surface area contributed by atoms with Gasteiger partial charge >= 0.3 is 0 Å². The molecule has 2 rings (SSSR count). The van der Waals surface area contributed by atoms with Crippen LogP contribution >= 0.6 is 0 Å². The Bertz CT molecular complexity index is 555. The van der Waals surface area contributed by atoms with Crippen LogP contribution in [0.3, 0.4) is 0 Å². The first kappa shape index (κ1) is 14.8. The fraction of sp³-hybridized carbons (Fsp3) is 0.250. The molecular weight excluding hydrogens is 268 g/mol. The molecule has 0 saturated carbocycles. The van der Waals surface area contributed by atoms with Gasteiger partial charge in [-0.15, -0.1) is 0 Å². The molecule has 0 unspecified atom stereocenters. The number of rotatable bonds is 7. The molecule has 0 aliphatic rings. The van der Waals surface area contributed by atoms with Gasteiger partial charge < -0.3 is 14.8 Å². The third-order valence-electron chi connectivity index (χ3n) is 2.83. The van der Waals surface area contributed by atoms with Gasteiger partial charge in [0, 0.05) is 18.8 Å². The van der Waals surface area contributed by atoms with Gasteiger partial charge in [-0.2, -0.15) is 0 Å². The molecule has 0 aliphatic heterocycles. The zero-order chi connectivity index (χ0) is 14.9. The Morgan fingerprint density at radius 3 is 2.67 bits per heavy atom. The van der Waals surface area contributed by atoms with Crippen molar-refractivity contribution in [2.24, 2.45) is 0 Å². The number of hydrogen-bond acceptors (Lipinski definition) is 4. The van der Waals surface area contributed by atoms with Gasteiger partial charge in [-0.3, -0.25) is 4.79 Å². The molecule has 0 bridgehead atoms. The molecule has 1 N–H and O–H groups in total. The average molecular weight is 286 g/mol. The van der Waals surface area contributed by atoms with Crippen LogP contribution in [0.2, 0.25) is 0 Å². The van der Waals surface area contributed by atoms with Crippen molar-refractivity contribution < 1.29 is 14.3 Å². The first-order valence-corrected chi connectivity index (χ1v) is 6.75. The molecule has 1 amide bonds. The van der Waals surface area contributed by atoms with Crippen LogP contribution < -0.4 is 14.8 Å². The van der Waals surface area contributed by atoms with E-state index in [-0.39, 0.29) is 5.91 Å². The predicted molar refractivity (Wildman–Crippen MR) is 79.7 cm³/mol. The second kappa shape index (κ2) is 7.89. The van der Waals surface area contributed by atoms with E-state index >= 15 is 0 Å². The van der Waals surface area contributed by atoms with Crippen LogP contribution in [0.5, 0.6) is 11.6 Å². The topological polar surface area (TPSA) is 60.5 Å². The van der Waals surface area contributed by atoms with Gasteiger partial charge in [-0.1, -0.05) is 18.2 Å².